The molecule has 0 fully saturated rings. The molecule has 146 valence electrons. The van der Waals surface area contributed by atoms with Gasteiger partial charge in [-0.15, -0.1) is 0 Å². The molecule has 0 spiro atoms. The minimum absolute atomic E-state index is 0.00218. The molecule has 0 aliphatic heterocycles. The van der Waals surface area contributed by atoms with Crippen molar-refractivity contribution in [2.75, 3.05) is 0 Å². The lowest BCUT2D eigenvalue weighted by Gasteiger charge is -2.26. The SMILES string of the molecule is CC(Br)C(O)(C#CC(C/C=C/c1ccccc1)c1ccccc1)c1ccccc1. The molecule has 3 aromatic carbocycles. The van der Waals surface area contributed by atoms with Crippen molar-refractivity contribution in [3.05, 3.63) is 114 Å². The maximum Gasteiger partial charge on any atom is 0.163 e. The lowest BCUT2D eigenvalue weighted by Crippen LogP contribution is -2.32. The monoisotopic (exact) mass is 444 g/mol. The van der Waals surface area contributed by atoms with Gasteiger partial charge < -0.3 is 5.11 Å². The minimum atomic E-state index is -1.25. The van der Waals surface area contributed by atoms with Crippen LogP contribution in [0, 0.1) is 11.8 Å². The van der Waals surface area contributed by atoms with Crippen molar-refractivity contribution in [1.29, 1.82) is 0 Å². The molecule has 3 unspecified atom stereocenters. The molecule has 3 atom stereocenters. The zero-order valence-electron chi connectivity index (χ0n) is 16.5. The maximum atomic E-state index is 11.3. The van der Waals surface area contributed by atoms with E-state index in [2.05, 4.69) is 64.2 Å². The number of benzene rings is 3. The van der Waals surface area contributed by atoms with Gasteiger partial charge >= 0.3 is 0 Å². The van der Waals surface area contributed by atoms with Gasteiger partial charge in [0.25, 0.3) is 0 Å². The van der Waals surface area contributed by atoms with E-state index in [9.17, 15) is 5.11 Å². The molecular weight excluding hydrogens is 420 g/mol. The van der Waals surface area contributed by atoms with Gasteiger partial charge in [0.1, 0.15) is 0 Å². The van der Waals surface area contributed by atoms with Crippen molar-refractivity contribution in [1.82, 2.24) is 0 Å². The van der Waals surface area contributed by atoms with Crippen molar-refractivity contribution in [2.45, 2.75) is 29.7 Å². The van der Waals surface area contributed by atoms with Crippen LogP contribution in [-0.4, -0.2) is 9.93 Å². The van der Waals surface area contributed by atoms with E-state index < -0.39 is 5.60 Å². The lowest BCUT2D eigenvalue weighted by atomic mass is 9.89. The minimum Gasteiger partial charge on any atom is -0.372 e. The van der Waals surface area contributed by atoms with E-state index in [1.165, 1.54) is 5.56 Å². The Labute approximate surface area is 182 Å². The van der Waals surface area contributed by atoms with Gasteiger partial charge in [0, 0.05) is 5.92 Å². The molecule has 0 radical (unpaired) electrons. The third-order valence-electron chi connectivity index (χ3n) is 4.91. The summed E-state index contributed by atoms with van der Waals surface area (Å²) < 4.78 is 0. The number of allylic oxidation sites excluding steroid dienone is 1. The first-order valence-corrected chi connectivity index (χ1v) is 10.7. The van der Waals surface area contributed by atoms with Crippen LogP contribution < -0.4 is 0 Å². The number of halogens is 1. The molecular formula is C27H25BrO. The summed E-state index contributed by atoms with van der Waals surface area (Å²) in [4.78, 5) is -0.207. The molecule has 0 aliphatic rings. The van der Waals surface area contributed by atoms with E-state index >= 15 is 0 Å². The Balaban J connectivity index is 1.90. The highest BCUT2D eigenvalue weighted by molar-refractivity contribution is 9.09. The zero-order valence-corrected chi connectivity index (χ0v) is 18.1. The topological polar surface area (TPSA) is 20.2 Å². The molecule has 0 bridgehead atoms. The zero-order chi connectivity index (χ0) is 20.5. The van der Waals surface area contributed by atoms with Crippen LogP contribution in [0.2, 0.25) is 0 Å². The van der Waals surface area contributed by atoms with Gasteiger partial charge in [-0.05, 0) is 30.0 Å². The summed E-state index contributed by atoms with van der Waals surface area (Å²) in [5.41, 5.74) is 1.86. The van der Waals surface area contributed by atoms with Crippen molar-refractivity contribution >= 4 is 22.0 Å². The number of hydrogen-bond acceptors (Lipinski definition) is 1. The van der Waals surface area contributed by atoms with E-state index in [1.807, 2.05) is 73.7 Å². The van der Waals surface area contributed by atoms with Crippen LogP contribution in [0.5, 0.6) is 0 Å². The number of alkyl halides is 1. The third kappa shape index (κ3) is 5.70. The first kappa shape index (κ1) is 21.1. The Morgan fingerprint density at radius 2 is 1.45 bits per heavy atom. The fourth-order valence-corrected chi connectivity index (χ4v) is 3.54. The van der Waals surface area contributed by atoms with Crippen molar-refractivity contribution in [3.8, 4) is 11.8 Å². The molecule has 2 heteroatoms. The molecule has 1 nitrogen and oxygen atoms in total. The predicted molar refractivity (Wildman–Crippen MR) is 126 cm³/mol. The van der Waals surface area contributed by atoms with Crippen LogP contribution in [0.15, 0.2) is 97.1 Å². The summed E-state index contributed by atoms with van der Waals surface area (Å²) in [5, 5.41) is 11.3. The number of hydrogen-bond donors (Lipinski definition) is 1. The highest BCUT2D eigenvalue weighted by atomic mass is 79.9. The Kier molecular flexibility index (Phi) is 7.47. The predicted octanol–water partition coefficient (Wildman–Crippen LogP) is 6.55. The van der Waals surface area contributed by atoms with Crippen LogP contribution >= 0.6 is 15.9 Å². The summed E-state index contributed by atoms with van der Waals surface area (Å²) in [7, 11) is 0. The summed E-state index contributed by atoms with van der Waals surface area (Å²) in [6.45, 7) is 1.93. The Morgan fingerprint density at radius 1 is 0.897 bits per heavy atom. The van der Waals surface area contributed by atoms with Gasteiger partial charge in [-0.3, -0.25) is 0 Å². The van der Waals surface area contributed by atoms with E-state index in [0.29, 0.717) is 0 Å². The average Bonchev–Trinajstić information content (AvgIpc) is 2.77. The maximum absolute atomic E-state index is 11.3. The third-order valence-corrected chi connectivity index (χ3v) is 5.57. The highest BCUT2D eigenvalue weighted by Crippen LogP contribution is 2.30. The lowest BCUT2D eigenvalue weighted by molar-refractivity contribution is 0.104. The second-order valence-corrected chi connectivity index (χ2v) is 8.40. The van der Waals surface area contributed by atoms with Crippen LogP contribution in [0.4, 0.5) is 0 Å². The quantitative estimate of drug-likeness (QED) is 0.337. The van der Waals surface area contributed by atoms with Gasteiger partial charge in [-0.25, -0.2) is 0 Å². The standard InChI is InChI=1S/C27H25BrO/c1-22(28)27(29,26-18-9-4-10-19-26)21-20-25(24-15-7-3-8-16-24)17-11-14-23-12-5-2-6-13-23/h2-16,18-19,22,25,29H,17H2,1H3/b14-11+. The Bertz CT molecular complexity index is 969. The molecule has 0 heterocycles. The van der Waals surface area contributed by atoms with Crippen molar-refractivity contribution in [3.63, 3.8) is 0 Å². The van der Waals surface area contributed by atoms with Gasteiger partial charge in [-0.2, -0.15) is 0 Å². The molecule has 0 aliphatic carbocycles. The van der Waals surface area contributed by atoms with Crippen LogP contribution in [0.1, 0.15) is 36.0 Å². The van der Waals surface area contributed by atoms with Gasteiger partial charge in [0.15, 0.2) is 5.60 Å². The fourth-order valence-electron chi connectivity index (χ4n) is 3.16. The Morgan fingerprint density at radius 3 is 2.03 bits per heavy atom. The smallest absolute Gasteiger partial charge is 0.163 e. The first-order valence-electron chi connectivity index (χ1n) is 9.81. The van der Waals surface area contributed by atoms with E-state index in [0.717, 1.165) is 17.5 Å². The van der Waals surface area contributed by atoms with Gasteiger partial charge in [-0.1, -0.05) is 131 Å². The first-order chi connectivity index (χ1) is 14.1. The van der Waals surface area contributed by atoms with Crippen molar-refractivity contribution in [2.24, 2.45) is 0 Å². The van der Waals surface area contributed by atoms with Gasteiger partial charge in [0.05, 0.1) is 4.83 Å². The molecule has 3 aromatic rings. The molecule has 0 saturated heterocycles. The second-order valence-electron chi connectivity index (χ2n) is 7.03. The highest BCUT2D eigenvalue weighted by Gasteiger charge is 2.32. The average molecular weight is 445 g/mol. The van der Waals surface area contributed by atoms with Gasteiger partial charge in [0.2, 0.25) is 0 Å². The summed E-state index contributed by atoms with van der Waals surface area (Å²) in [5.74, 6) is 6.54. The summed E-state index contributed by atoms with van der Waals surface area (Å²) >= 11 is 3.56. The van der Waals surface area contributed by atoms with Crippen molar-refractivity contribution < 1.29 is 5.11 Å². The number of rotatable bonds is 6. The molecule has 3 rings (SSSR count). The second kappa shape index (κ2) is 10.3. The van der Waals surface area contributed by atoms with Crippen LogP contribution in [0.25, 0.3) is 6.08 Å². The van der Waals surface area contributed by atoms with Crippen LogP contribution in [0.3, 0.4) is 0 Å². The van der Waals surface area contributed by atoms with Crippen LogP contribution in [-0.2, 0) is 5.60 Å². The molecule has 0 aromatic heterocycles. The number of aliphatic hydroxyl groups is 1. The fraction of sp³-hybridized carbons (Fsp3) is 0.185. The molecule has 0 saturated carbocycles. The van der Waals surface area contributed by atoms with E-state index in [-0.39, 0.29) is 10.7 Å². The molecule has 1 N–H and O–H groups in total. The molecule has 0 amide bonds. The van der Waals surface area contributed by atoms with E-state index in [4.69, 9.17) is 0 Å². The Hall–Kier alpha value is -2.60. The largest absolute Gasteiger partial charge is 0.372 e. The summed E-state index contributed by atoms with van der Waals surface area (Å²) in [6.07, 6.45) is 5.04. The normalized spacial score (nSPS) is 15.1. The van der Waals surface area contributed by atoms with E-state index in [1.54, 1.807) is 0 Å². The molecule has 29 heavy (non-hydrogen) atoms. The summed E-state index contributed by atoms with van der Waals surface area (Å²) in [6, 6.07) is 30.1.